The lowest BCUT2D eigenvalue weighted by molar-refractivity contribution is -0.120. The van der Waals surface area contributed by atoms with Crippen molar-refractivity contribution < 1.29 is 18.7 Å². The summed E-state index contributed by atoms with van der Waals surface area (Å²) in [6.07, 6.45) is 3.43. The van der Waals surface area contributed by atoms with Gasteiger partial charge >= 0.3 is 0 Å². The molecule has 6 nitrogen and oxygen atoms in total. The van der Waals surface area contributed by atoms with E-state index in [1.807, 2.05) is 18.2 Å². The van der Waals surface area contributed by atoms with Gasteiger partial charge in [0.1, 0.15) is 19.0 Å². The number of carbonyl (C=O) groups is 1. The monoisotopic (exact) mass is 407 g/mol. The van der Waals surface area contributed by atoms with Crippen LogP contribution in [0.4, 0.5) is 15.8 Å². The molecule has 0 bridgehead atoms. The average Bonchev–Trinajstić information content (AvgIpc) is 2.78. The third-order valence-electron chi connectivity index (χ3n) is 5.62. The lowest BCUT2D eigenvalue weighted by Gasteiger charge is -2.34. The number of nitrogens with one attached hydrogen (secondary N) is 1. The summed E-state index contributed by atoms with van der Waals surface area (Å²) in [5.41, 5.74) is 2.35. The van der Waals surface area contributed by atoms with E-state index in [4.69, 9.17) is 9.47 Å². The number of hydrogen-bond donors (Lipinski definition) is 1. The first kappa shape index (κ1) is 18.7. The van der Waals surface area contributed by atoms with Crippen molar-refractivity contribution in [2.75, 3.05) is 36.5 Å². The fourth-order valence-corrected chi connectivity index (χ4v) is 4.16. The van der Waals surface area contributed by atoms with Crippen LogP contribution in [-0.4, -0.2) is 37.2 Å². The Kier molecular flexibility index (Phi) is 4.86. The molecule has 154 valence electrons. The minimum absolute atomic E-state index is 0.0269. The number of rotatable bonds is 3. The molecular formula is C23H22FN3O3. The quantitative estimate of drug-likeness (QED) is 0.711. The summed E-state index contributed by atoms with van der Waals surface area (Å²) in [4.78, 5) is 19.4. The van der Waals surface area contributed by atoms with E-state index in [-0.39, 0.29) is 17.6 Å². The number of anilines is 2. The SMILES string of the molecule is O=C(Nc1ccc2c(c1)OCCO2)C1CCCN(c2ccnc3ccc(F)cc23)C1. The molecule has 5 rings (SSSR count). The molecule has 0 aliphatic carbocycles. The summed E-state index contributed by atoms with van der Waals surface area (Å²) in [5.74, 6) is 0.862. The zero-order valence-corrected chi connectivity index (χ0v) is 16.4. The van der Waals surface area contributed by atoms with Crippen LogP contribution < -0.4 is 19.7 Å². The van der Waals surface area contributed by atoms with Crippen molar-refractivity contribution >= 4 is 28.2 Å². The van der Waals surface area contributed by atoms with Crippen LogP contribution in [0.3, 0.4) is 0 Å². The number of halogens is 1. The Bertz CT molecular complexity index is 1100. The Labute approximate surface area is 173 Å². The second-order valence-electron chi connectivity index (χ2n) is 7.62. The van der Waals surface area contributed by atoms with Gasteiger partial charge < -0.3 is 19.7 Å². The third-order valence-corrected chi connectivity index (χ3v) is 5.62. The van der Waals surface area contributed by atoms with E-state index >= 15 is 0 Å². The number of benzene rings is 2. The molecule has 0 radical (unpaired) electrons. The normalized spacial score (nSPS) is 18.3. The smallest absolute Gasteiger partial charge is 0.229 e. The molecular weight excluding hydrogens is 385 g/mol. The number of aromatic nitrogens is 1. The van der Waals surface area contributed by atoms with E-state index < -0.39 is 0 Å². The summed E-state index contributed by atoms with van der Waals surface area (Å²) in [6.45, 7) is 2.43. The van der Waals surface area contributed by atoms with Gasteiger partial charge in [-0.2, -0.15) is 0 Å². The van der Waals surface area contributed by atoms with E-state index in [0.29, 0.717) is 36.9 Å². The number of piperidine rings is 1. The van der Waals surface area contributed by atoms with Gasteiger partial charge in [0.25, 0.3) is 0 Å². The Morgan fingerprint density at radius 1 is 1.10 bits per heavy atom. The highest BCUT2D eigenvalue weighted by molar-refractivity contribution is 5.95. The Morgan fingerprint density at radius 3 is 2.87 bits per heavy atom. The number of ether oxygens (including phenoxy) is 2. The van der Waals surface area contributed by atoms with Gasteiger partial charge in [-0.3, -0.25) is 9.78 Å². The molecule has 2 aliphatic rings. The Balaban J connectivity index is 1.33. The van der Waals surface area contributed by atoms with Crippen molar-refractivity contribution in [3.8, 4) is 11.5 Å². The van der Waals surface area contributed by atoms with E-state index in [0.717, 1.165) is 36.0 Å². The summed E-state index contributed by atoms with van der Waals surface area (Å²) >= 11 is 0. The molecule has 3 heterocycles. The minimum atomic E-state index is -0.290. The second kappa shape index (κ2) is 7.82. The molecule has 0 saturated carbocycles. The minimum Gasteiger partial charge on any atom is -0.486 e. The van der Waals surface area contributed by atoms with Crippen LogP contribution in [0.5, 0.6) is 11.5 Å². The van der Waals surface area contributed by atoms with Gasteiger partial charge in [-0.1, -0.05) is 0 Å². The highest BCUT2D eigenvalue weighted by atomic mass is 19.1. The van der Waals surface area contributed by atoms with Crippen LogP contribution in [0.2, 0.25) is 0 Å². The molecule has 1 aromatic heterocycles. The Morgan fingerprint density at radius 2 is 1.97 bits per heavy atom. The van der Waals surface area contributed by atoms with Gasteiger partial charge in [0.2, 0.25) is 5.91 Å². The summed E-state index contributed by atoms with van der Waals surface area (Å²) in [6, 6.07) is 11.9. The molecule has 3 aromatic rings. The molecule has 7 heteroatoms. The third kappa shape index (κ3) is 3.63. The topological polar surface area (TPSA) is 63.7 Å². The maximum atomic E-state index is 13.8. The van der Waals surface area contributed by atoms with Crippen molar-refractivity contribution in [1.82, 2.24) is 4.98 Å². The number of nitrogens with zero attached hydrogens (tertiary/aromatic N) is 2. The number of fused-ring (bicyclic) bond motifs is 2. The van der Waals surface area contributed by atoms with Gasteiger partial charge in [0.05, 0.1) is 11.4 Å². The van der Waals surface area contributed by atoms with Crippen molar-refractivity contribution in [1.29, 1.82) is 0 Å². The molecule has 1 N–H and O–H groups in total. The number of pyridine rings is 1. The van der Waals surface area contributed by atoms with E-state index in [9.17, 15) is 9.18 Å². The largest absolute Gasteiger partial charge is 0.486 e. The van der Waals surface area contributed by atoms with Crippen molar-refractivity contribution in [3.63, 3.8) is 0 Å². The first-order valence-corrected chi connectivity index (χ1v) is 10.2. The van der Waals surface area contributed by atoms with Crippen LogP contribution in [0.1, 0.15) is 12.8 Å². The molecule has 2 aromatic carbocycles. The fraction of sp³-hybridized carbons (Fsp3) is 0.304. The predicted octanol–water partition coefficient (Wildman–Crippen LogP) is 4.00. The lowest BCUT2D eigenvalue weighted by atomic mass is 9.96. The number of carbonyl (C=O) groups excluding carboxylic acids is 1. The Hall–Kier alpha value is -3.35. The number of hydrogen-bond acceptors (Lipinski definition) is 5. The molecule has 2 aliphatic heterocycles. The second-order valence-corrected chi connectivity index (χ2v) is 7.62. The maximum Gasteiger partial charge on any atom is 0.229 e. The van der Waals surface area contributed by atoms with Crippen LogP contribution in [-0.2, 0) is 4.79 Å². The van der Waals surface area contributed by atoms with Gasteiger partial charge in [-0.05, 0) is 49.2 Å². The molecule has 30 heavy (non-hydrogen) atoms. The van der Waals surface area contributed by atoms with Gasteiger partial charge in [0.15, 0.2) is 11.5 Å². The highest BCUT2D eigenvalue weighted by Gasteiger charge is 2.27. The standard InChI is InChI=1S/C23H22FN3O3/c24-16-3-5-19-18(12-16)20(7-8-25-19)27-9-1-2-15(14-27)23(28)26-17-4-6-21-22(13-17)30-11-10-29-21/h3-8,12-13,15H,1-2,9-11,14H2,(H,26,28). The van der Waals surface area contributed by atoms with Gasteiger partial charge in [0, 0.05) is 42.1 Å². The molecule has 1 saturated heterocycles. The molecule has 1 fully saturated rings. The zero-order valence-electron chi connectivity index (χ0n) is 16.4. The van der Waals surface area contributed by atoms with E-state index in [1.165, 1.54) is 12.1 Å². The maximum absolute atomic E-state index is 13.8. The van der Waals surface area contributed by atoms with E-state index in [2.05, 4.69) is 15.2 Å². The van der Waals surface area contributed by atoms with Gasteiger partial charge in [-0.25, -0.2) is 4.39 Å². The zero-order chi connectivity index (χ0) is 20.5. The molecule has 0 spiro atoms. The molecule has 1 unspecified atom stereocenters. The summed E-state index contributed by atoms with van der Waals surface area (Å²) in [7, 11) is 0. The fourth-order valence-electron chi connectivity index (χ4n) is 4.16. The summed E-state index contributed by atoms with van der Waals surface area (Å²) < 4.78 is 24.9. The van der Waals surface area contributed by atoms with Crippen molar-refractivity contribution in [2.24, 2.45) is 5.92 Å². The van der Waals surface area contributed by atoms with Crippen LogP contribution in [0, 0.1) is 11.7 Å². The lowest BCUT2D eigenvalue weighted by Crippen LogP contribution is -2.40. The highest BCUT2D eigenvalue weighted by Crippen LogP contribution is 2.34. The van der Waals surface area contributed by atoms with Crippen molar-refractivity contribution in [3.05, 3.63) is 54.5 Å². The number of amides is 1. The molecule has 1 atom stereocenters. The molecule has 1 amide bonds. The predicted molar refractivity (Wildman–Crippen MR) is 113 cm³/mol. The first-order valence-electron chi connectivity index (χ1n) is 10.2. The van der Waals surface area contributed by atoms with Crippen LogP contribution in [0.25, 0.3) is 10.9 Å². The average molecular weight is 407 g/mol. The summed E-state index contributed by atoms with van der Waals surface area (Å²) in [5, 5.41) is 3.78. The first-order chi connectivity index (χ1) is 14.7. The van der Waals surface area contributed by atoms with E-state index in [1.54, 1.807) is 18.3 Å². The van der Waals surface area contributed by atoms with Crippen LogP contribution >= 0.6 is 0 Å². The van der Waals surface area contributed by atoms with Crippen LogP contribution in [0.15, 0.2) is 48.7 Å². The van der Waals surface area contributed by atoms with Gasteiger partial charge in [-0.15, -0.1) is 0 Å². The van der Waals surface area contributed by atoms with Crippen molar-refractivity contribution in [2.45, 2.75) is 12.8 Å².